The lowest BCUT2D eigenvalue weighted by Gasteiger charge is -2.26. The van der Waals surface area contributed by atoms with E-state index in [4.69, 9.17) is 9.47 Å². The summed E-state index contributed by atoms with van der Waals surface area (Å²) >= 11 is 0. The number of rotatable bonds is 6. The normalized spacial score (nSPS) is 15.2. The number of hydrogen-bond donors (Lipinski definition) is 1. The quantitative estimate of drug-likeness (QED) is 0.748. The average molecular weight is 407 g/mol. The number of carbonyl (C=O) groups excluding carboxylic acids is 1. The minimum absolute atomic E-state index is 0.0439. The fourth-order valence-corrected chi connectivity index (χ4v) is 4.25. The van der Waals surface area contributed by atoms with Gasteiger partial charge in [0.15, 0.2) is 0 Å². The number of ether oxygens (including phenoxy) is 2. The van der Waals surface area contributed by atoms with Crippen molar-refractivity contribution in [2.24, 2.45) is 0 Å². The summed E-state index contributed by atoms with van der Waals surface area (Å²) in [7, 11) is -2.30. The smallest absolute Gasteiger partial charge is 0.250 e. The van der Waals surface area contributed by atoms with Crippen LogP contribution in [0, 0.1) is 0 Å². The highest BCUT2D eigenvalue weighted by atomic mass is 32.2. The van der Waals surface area contributed by atoms with Crippen molar-refractivity contribution in [3.8, 4) is 5.75 Å². The first kappa shape index (κ1) is 20.1. The number of amides is 1. The molecule has 1 saturated heterocycles. The van der Waals surface area contributed by atoms with Crippen LogP contribution in [-0.4, -0.2) is 56.6 Å². The van der Waals surface area contributed by atoms with Crippen molar-refractivity contribution >= 4 is 21.6 Å². The first-order valence-electron chi connectivity index (χ1n) is 8.63. The van der Waals surface area contributed by atoms with E-state index in [-0.39, 0.29) is 35.8 Å². The van der Waals surface area contributed by atoms with Crippen LogP contribution in [0.2, 0.25) is 0 Å². The molecule has 28 heavy (non-hydrogen) atoms. The van der Waals surface area contributed by atoms with Crippen molar-refractivity contribution in [2.75, 3.05) is 38.7 Å². The van der Waals surface area contributed by atoms with Gasteiger partial charge in [0.05, 0.1) is 30.9 Å². The summed E-state index contributed by atoms with van der Waals surface area (Å²) < 4.78 is 38.7. The first-order valence-corrected chi connectivity index (χ1v) is 10.1. The number of pyridine rings is 1. The zero-order chi connectivity index (χ0) is 20.1. The van der Waals surface area contributed by atoms with Crippen LogP contribution < -0.4 is 15.6 Å². The average Bonchev–Trinajstić information content (AvgIpc) is 2.70. The first-order chi connectivity index (χ1) is 13.4. The Balaban J connectivity index is 1.84. The van der Waals surface area contributed by atoms with E-state index in [9.17, 15) is 18.0 Å². The highest BCUT2D eigenvalue weighted by Gasteiger charge is 2.27. The van der Waals surface area contributed by atoms with Crippen LogP contribution in [0.5, 0.6) is 5.75 Å². The van der Waals surface area contributed by atoms with Crippen LogP contribution in [-0.2, 0) is 26.1 Å². The van der Waals surface area contributed by atoms with Gasteiger partial charge in [0.2, 0.25) is 15.9 Å². The molecule has 150 valence electrons. The molecular weight excluding hydrogens is 386 g/mol. The number of anilines is 1. The third kappa shape index (κ3) is 4.41. The maximum Gasteiger partial charge on any atom is 0.250 e. The molecule has 3 rings (SSSR count). The minimum atomic E-state index is -3.72. The van der Waals surface area contributed by atoms with Gasteiger partial charge in [-0.3, -0.25) is 9.59 Å². The molecule has 1 fully saturated rings. The zero-order valence-electron chi connectivity index (χ0n) is 15.3. The van der Waals surface area contributed by atoms with Crippen molar-refractivity contribution in [2.45, 2.75) is 11.4 Å². The van der Waals surface area contributed by atoms with Crippen LogP contribution in [0.1, 0.15) is 0 Å². The van der Waals surface area contributed by atoms with Crippen LogP contribution in [0.15, 0.2) is 52.3 Å². The molecule has 1 aromatic carbocycles. The molecule has 1 aliphatic rings. The molecule has 10 heteroatoms. The van der Waals surface area contributed by atoms with Crippen molar-refractivity contribution in [1.29, 1.82) is 0 Å². The van der Waals surface area contributed by atoms with Gasteiger partial charge in [-0.2, -0.15) is 4.31 Å². The summed E-state index contributed by atoms with van der Waals surface area (Å²) in [4.78, 5) is 24.2. The lowest BCUT2D eigenvalue weighted by molar-refractivity contribution is -0.116. The van der Waals surface area contributed by atoms with Gasteiger partial charge < -0.3 is 19.4 Å². The van der Waals surface area contributed by atoms with Crippen molar-refractivity contribution in [1.82, 2.24) is 8.87 Å². The number of carbonyl (C=O) groups is 1. The molecule has 1 aromatic heterocycles. The maximum atomic E-state index is 12.8. The second kappa shape index (κ2) is 8.55. The van der Waals surface area contributed by atoms with E-state index >= 15 is 0 Å². The van der Waals surface area contributed by atoms with Gasteiger partial charge >= 0.3 is 0 Å². The topological polar surface area (TPSA) is 107 Å². The highest BCUT2D eigenvalue weighted by Crippen LogP contribution is 2.29. The van der Waals surface area contributed by atoms with Gasteiger partial charge in [0.1, 0.15) is 12.3 Å². The molecule has 0 bridgehead atoms. The van der Waals surface area contributed by atoms with Gasteiger partial charge in [-0.25, -0.2) is 8.42 Å². The van der Waals surface area contributed by atoms with Crippen molar-refractivity contribution < 1.29 is 22.7 Å². The molecule has 0 aliphatic carbocycles. The van der Waals surface area contributed by atoms with Gasteiger partial charge in [-0.15, -0.1) is 0 Å². The SMILES string of the molecule is COc1ccc(S(=O)(=O)N2CCOCC2)cc1NC(=O)Cn1ccccc1=O. The molecule has 2 heterocycles. The van der Waals surface area contributed by atoms with Gasteiger partial charge in [0, 0.05) is 25.4 Å². The van der Waals surface area contributed by atoms with E-state index in [1.165, 1.54) is 46.4 Å². The van der Waals surface area contributed by atoms with Gasteiger partial charge in [0.25, 0.3) is 5.56 Å². The van der Waals surface area contributed by atoms with E-state index in [0.717, 1.165) is 0 Å². The Morgan fingerprint density at radius 2 is 1.96 bits per heavy atom. The van der Waals surface area contributed by atoms with E-state index in [2.05, 4.69) is 5.32 Å². The molecule has 2 aromatic rings. The molecule has 1 aliphatic heterocycles. The summed E-state index contributed by atoms with van der Waals surface area (Å²) in [6, 6.07) is 8.85. The third-order valence-electron chi connectivity index (χ3n) is 4.27. The molecule has 9 nitrogen and oxygen atoms in total. The van der Waals surface area contributed by atoms with Crippen LogP contribution in [0.3, 0.4) is 0 Å². The summed E-state index contributed by atoms with van der Waals surface area (Å²) in [5.41, 5.74) is -0.0981. The molecule has 0 radical (unpaired) electrons. The lowest BCUT2D eigenvalue weighted by Crippen LogP contribution is -2.40. The predicted molar refractivity (Wildman–Crippen MR) is 102 cm³/mol. The number of nitrogens with one attached hydrogen (secondary N) is 1. The third-order valence-corrected chi connectivity index (χ3v) is 6.16. The summed E-state index contributed by atoms with van der Waals surface area (Å²) in [6.45, 7) is 1.01. The molecular formula is C18H21N3O6S. The zero-order valence-corrected chi connectivity index (χ0v) is 16.1. The molecule has 0 spiro atoms. The monoisotopic (exact) mass is 407 g/mol. The Labute approximate surface area is 162 Å². The van der Waals surface area contributed by atoms with Gasteiger partial charge in [-0.1, -0.05) is 6.07 Å². The number of aromatic nitrogens is 1. The summed E-state index contributed by atoms with van der Waals surface area (Å²) in [6.07, 6.45) is 1.50. The van der Waals surface area contributed by atoms with Crippen molar-refractivity contribution in [3.63, 3.8) is 0 Å². The van der Waals surface area contributed by atoms with Gasteiger partial charge in [-0.05, 0) is 24.3 Å². The Hall–Kier alpha value is -2.69. The Bertz CT molecular complexity index is 1010. The largest absolute Gasteiger partial charge is 0.495 e. The van der Waals surface area contributed by atoms with E-state index < -0.39 is 15.9 Å². The molecule has 0 unspecified atom stereocenters. The maximum absolute atomic E-state index is 12.8. The van der Waals surface area contributed by atoms with Crippen LogP contribution in [0.4, 0.5) is 5.69 Å². The number of nitrogens with zero attached hydrogens (tertiary/aromatic N) is 2. The number of benzene rings is 1. The fraction of sp³-hybridized carbons (Fsp3) is 0.333. The Morgan fingerprint density at radius 1 is 1.21 bits per heavy atom. The Kier molecular flexibility index (Phi) is 6.12. The minimum Gasteiger partial charge on any atom is -0.495 e. The second-order valence-corrected chi connectivity index (χ2v) is 8.03. The highest BCUT2D eigenvalue weighted by molar-refractivity contribution is 7.89. The Morgan fingerprint density at radius 3 is 2.64 bits per heavy atom. The van der Waals surface area contributed by atoms with E-state index in [1.807, 2.05) is 0 Å². The van der Waals surface area contributed by atoms with E-state index in [1.54, 1.807) is 12.1 Å². The molecule has 1 N–H and O–H groups in total. The molecule has 0 atom stereocenters. The summed E-state index contributed by atoms with van der Waals surface area (Å²) in [5.74, 6) is -0.165. The molecule has 1 amide bonds. The summed E-state index contributed by atoms with van der Waals surface area (Å²) in [5, 5.41) is 2.62. The van der Waals surface area contributed by atoms with E-state index in [0.29, 0.717) is 19.0 Å². The number of sulfonamides is 1. The number of hydrogen-bond acceptors (Lipinski definition) is 6. The van der Waals surface area contributed by atoms with Crippen molar-refractivity contribution in [3.05, 3.63) is 52.9 Å². The van der Waals surface area contributed by atoms with Crippen LogP contribution >= 0.6 is 0 Å². The second-order valence-electron chi connectivity index (χ2n) is 6.09. The van der Waals surface area contributed by atoms with Crippen LogP contribution in [0.25, 0.3) is 0 Å². The fourth-order valence-electron chi connectivity index (χ4n) is 2.82. The molecule has 0 saturated carbocycles. The number of methoxy groups -OCH3 is 1. The lowest BCUT2D eigenvalue weighted by atomic mass is 10.3. The number of morpholine rings is 1. The standard InChI is InChI=1S/C18H21N3O6S/c1-26-16-6-5-14(28(24,25)21-8-10-27-11-9-21)12-15(16)19-17(22)13-20-7-3-2-4-18(20)23/h2-7,12H,8-11,13H2,1H3,(H,19,22). The predicted octanol–water partition coefficient (Wildman–Crippen LogP) is 0.516.